The van der Waals surface area contributed by atoms with Crippen LogP contribution in [0.4, 0.5) is 0 Å². The van der Waals surface area contributed by atoms with Crippen LogP contribution in [0.5, 0.6) is 0 Å². The average molecular weight is 300 g/mol. The lowest BCUT2D eigenvalue weighted by Crippen LogP contribution is -2.38. The summed E-state index contributed by atoms with van der Waals surface area (Å²) in [4.78, 5) is 13.7. The van der Waals surface area contributed by atoms with Crippen molar-refractivity contribution in [1.82, 2.24) is 10.2 Å². The molecule has 0 saturated heterocycles. The highest BCUT2D eigenvalue weighted by molar-refractivity contribution is 5.85. The van der Waals surface area contributed by atoms with E-state index in [0.29, 0.717) is 6.42 Å². The van der Waals surface area contributed by atoms with Crippen molar-refractivity contribution in [1.29, 1.82) is 0 Å². The van der Waals surface area contributed by atoms with Gasteiger partial charge in [-0.2, -0.15) is 0 Å². The van der Waals surface area contributed by atoms with Gasteiger partial charge in [-0.1, -0.05) is 12.8 Å². The highest BCUT2D eigenvalue weighted by Crippen LogP contribution is 2.21. The highest BCUT2D eigenvalue weighted by Gasteiger charge is 2.18. The van der Waals surface area contributed by atoms with Gasteiger partial charge in [0.05, 0.1) is 0 Å². The van der Waals surface area contributed by atoms with Gasteiger partial charge in [0.25, 0.3) is 0 Å². The van der Waals surface area contributed by atoms with Crippen molar-refractivity contribution in [3.63, 3.8) is 0 Å². The number of amides is 1. The second-order valence-corrected chi connectivity index (χ2v) is 4.95. The topological polar surface area (TPSA) is 58.4 Å². The molecule has 1 fully saturated rings. The first-order valence-corrected chi connectivity index (χ1v) is 6.32. The quantitative estimate of drug-likeness (QED) is 0.782. The molecule has 1 saturated carbocycles. The fourth-order valence-electron chi connectivity index (χ4n) is 2.26. The zero-order valence-electron chi connectivity index (χ0n) is 11.4. The van der Waals surface area contributed by atoms with Crippen molar-refractivity contribution in [2.24, 2.45) is 5.73 Å². The van der Waals surface area contributed by atoms with Gasteiger partial charge in [-0.25, -0.2) is 0 Å². The van der Waals surface area contributed by atoms with E-state index in [1.54, 1.807) is 0 Å². The van der Waals surface area contributed by atoms with Gasteiger partial charge in [-0.3, -0.25) is 4.79 Å². The van der Waals surface area contributed by atoms with E-state index in [0.717, 1.165) is 19.1 Å². The maximum absolute atomic E-state index is 11.3. The Balaban J connectivity index is 0. The van der Waals surface area contributed by atoms with Crippen LogP contribution < -0.4 is 11.1 Å². The van der Waals surface area contributed by atoms with Crippen molar-refractivity contribution in [2.45, 2.75) is 51.1 Å². The Hall–Kier alpha value is -0.0300. The number of halogens is 2. The van der Waals surface area contributed by atoms with Crippen molar-refractivity contribution in [3.05, 3.63) is 0 Å². The van der Waals surface area contributed by atoms with E-state index in [4.69, 9.17) is 5.73 Å². The number of nitrogens with two attached hydrogens (primary N) is 1. The largest absolute Gasteiger partial charge is 0.355 e. The zero-order chi connectivity index (χ0) is 12.0. The van der Waals surface area contributed by atoms with Crippen molar-refractivity contribution < 1.29 is 4.79 Å². The fourth-order valence-corrected chi connectivity index (χ4v) is 2.26. The summed E-state index contributed by atoms with van der Waals surface area (Å²) >= 11 is 0. The van der Waals surface area contributed by atoms with Crippen LogP contribution in [0, 0.1) is 0 Å². The van der Waals surface area contributed by atoms with Gasteiger partial charge in [0, 0.05) is 31.6 Å². The average Bonchev–Trinajstić information content (AvgIpc) is 2.68. The maximum atomic E-state index is 11.3. The van der Waals surface area contributed by atoms with E-state index >= 15 is 0 Å². The Morgan fingerprint density at radius 3 is 2.44 bits per heavy atom. The molecule has 0 radical (unpaired) electrons. The lowest BCUT2D eigenvalue weighted by Gasteiger charge is -2.23. The molecule has 1 aliphatic carbocycles. The monoisotopic (exact) mass is 299 g/mol. The second kappa shape index (κ2) is 10.9. The summed E-state index contributed by atoms with van der Waals surface area (Å²) in [6.07, 6.45) is 5.75. The third kappa shape index (κ3) is 8.14. The molecule has 0 aromatic carbocycles. The van der Waals surface area contributed by atoms with Crippen LogP contribution in [0.1, 0.15) is 39.0 Å². The molecule has 110 valence electrons. The number of nitrogens with one attached hydrogen (secondary N) is 1. The lowest BCUT2D eigenvalue weighted by molar-refractivity contribution is -0.121. The molecule has 0 spiro atoms. The van der Waals surface area contributed by atoms with Gasteiger partial charge < -0.3 is 16.0 Å². The minimum Gasteiger partial charge on any atom is -0.355 e. The van der Waals surface area contributed by atoms with Gasteiger partial charge in [0.15, 0.2) is 0 Å². The summed E-state index contributed by atoms with van der Waals surface area (Å²) < 4.78 is 0. The van der Waals surface area contributed by atoms with Crippen molar-refractivity contribution >= 4 is 30.7 Å². The van der Waals surface area contributed by atoms with Crippen LogP contribution in [0.3, 0.4) is 0 Å². The molecule has 1 aliphatic rings. The molecule has 1 unspecified atom stereocenters. The van der Waals surface area contributed by atoms with Crippen LogP contribution in [-0.2, 0) is 4.79 Å². The zero-order valence-corrected chi connectivity index (χ0v) is 13.0. The molecular formula is C12H27Cl2N3O. The minimum atomic E-state index is -0.0486. The molecule has 0 aliphatic heterocycles. The molecule has 4 nitrogen and oxygen atoms in total. The summed E-state index contributed by atoms with van der Waals surface area (Å²) in [6, 6.07) is 0.679. The number of nitrogens with zero attached hydrogens (tertiary/aromatic N) is 1. The molecule has 1 atom stereocenters. The molecular weight excluding hydrogens is 273 g/mol. The molecule has 0 heterocycles. The SMILES string of the molecule is CC(N)CC(=O)NCCN(C)C1CCCC1.Cl.Cl. The van der Waals surface area contributed by atoms with Crippen LogP contribution in [0.25, 0.3) is 0 Å². The Bertz CT molecular complexity index is 221. The standard InChI is InChI=1S/C12H25N3O.2ClH/c1-10(13)9-12(16)14-7-8-15(2)11-5-3-4-6-11;;/h10-11H,3-9,13H2,1-2H3,(H,14,16);2*1H. The maximum Gasteiger partial charge on any atom is 0.221 e. The summed E-state index contributed by atoms with van der Waals surface area (Å²) in [5.74, 6) is 0.0646. The predicted molar refractivity (Wildman–Crippen MR) is 80.7 cm³/mol. The lowest BCUT2D eigenvalue weighted by atomic mass is 10.2. The van der Waals surface area contributed by atoms with Crippen molar-refractivity contribution in [3.8, 4) is 0 Å². The van der Waals surface area contributed by atoms with Crippen LogP contribution in [-0.4, -0.2) is 43.0 Å². The third-order valence-corrected chi connectivity index (χ3v) is 3.24. The summed E-state index contributed by atoms with van der Waals surface area (Å²) in [6.45, 7) is 3.53. The predicted octanol–water partition coefficient (Wildman–Crippen LogP) is 1.56. The van der Waals surface area contributed by atoms with Crippen LogP contribution >= 0.6 is 24.8 Å². The number of carbonyl (C=O) groups excluding carboxylic acids is 1. The summed E-state index contributed by atoms with van der Waals surface area (Å²) in [5.41, 5.74) is 5.55. The van der Waals surface area contributed by atoms with E-state index in [2.05, 4.69) is 17.3 Å². The molecule has 0 aromatic rings. The third-order valence-electron chi connectivity index (χ3n) is 3.24. The molecule has 3 N–H and O–H groups in total. The normalized spacial score (nSPS) is 16.9. The molecule has 18 heavy (non-hydrogen) atoms. The molecule has 0 aromatic heterocycles. The van der Waals surface area contributed by atoms with Gasteiger partial charge in [0.1, 0.15) is 0 Å². The fraction of sp³-hybridized carbons (Fsp3) is 0.917. The molecule has 1 amide bonds. The Morgan fingerprint density at radius 1 is 1.39 bits per heavy atom. The number of hydrogen-bond donors (Lipinski definition) is 2. The van der Waals surface area contributed by atoms with Gasteiger partial charge in [-0.05, 0) is 26.8 Å². The number of carbonyl (C=O) groups is 1. The minimum absolute atomic E-state index is 0. The van der Waals surface area contributed by atoms with E-state index in [1.165, 1.54) is 25.7 Å². The number of hydrogen-bond acceptors (Lipinski definition) is 3. The smallest absolute Gasteiger partial charge is 0.221 e. The highest BCUT2D eigenvalue weighted by atomic mass is 35.5. The van der Waals surface area contributed by atoms with Gasteiger partial charge in [-0.15, -0.1) is 24.8 Å². The van der Waals surface area contributed by atoms with Gasteiger partial charge >= 0.3 is 0 Å². The van der Waals surface area contributed by atoms with E-state index in [9.17, 15) is 4.79 Å². The number of likely N-dealkylation sites (N-methyl/N-ethyl adjacent to an activating group) is 1. The van der Waals surface area contributed by atoms with Crippen molar-refractivity contribution in [2.75, 3.05) is 20.1 Å². The van der Waals surface area contributed by atoms with Crippen LogP contribution in [0.15, 0.2) is 0 Å². The first-order chi connectivity index (χ1) is 7.59. The van der Waals surface area contributed by atoms with E-state index < -0.39 is 0 Å². The molecule has 0 bridgehead atoms. The first-order valence-electron chi connectivity index (χ1n) is 6.32. The molecule has 1 rings (SSSR count). The van der Waals surface area contributed by atoms with Crippen LogP contribution in [0.2, 0.25) is 0 Å². The Morgan fingerprint density at radius 2 is 1.94 bits per heavy atom. The summed E-state index contributed by atoms with van der Waals surface area (Å²) in [7, 11) is 2.15. The van der Waals surface area contributed by atoms with E-state index in [-0.39, 0.29) is 36.8 Å². The molecule has 6 heteroatoms. The first kappa shape index (κ1) is 20.3. The summed E-state index contributed by atoms with van der Waals surface area (Å²) in [5, 5.41) is 2.91. The Kier molecular flexibility index (Phi) is 12.2. The number of rotatable bonds is 6. The van der Waals surface area contributed by atoms with E-state index in [1.807, 2.05) is 6.92 Å². The van der Waals surface area contributed by atoms with Gasteiger partial charge in [0.2, 0.25) is 5.91 Å². The Labute approximate surface area is 123 Å². The second-order valence-electron chi connectivity index (χ2n) is 4.95.